The Bertz CT molecular complexity index is 840. The Morgan fingerprint density at radius 2 is 1.84 bits per heavy atom. The van der Waals surface area contributed by atoms with Crippen LogP contribution in [0.5, 0.6) is 0 Å². The summed E-state index contributed by atoms with van der Waals surface area (Å²) in [5.41, 5.74) is 3.63. The van der Waals surface area contributed by atoms with E-state index in [2.05, 4.69) is 65.9 Å². The second kappa shape index (κ2) is 8.07. The summed E-state index contributed by atoms with van der Waals surface area (Å²) in [6, 6.07) is 16.6. The van der Waals surface area contributed by atoms with Crippen molar-refractivity contribution in [3.05, 3.63) is 64.7 Å². The van der Waals surface area contributed by atoms with Crippen LogP contribution in [0.1, 0.15) is 37.8 Å². The Balaban J connectivity index is 1.81. The first-order valence-corrected chi connectivity index (χ1v) is 9.85. The van der Waals surface area contributed by atoms with E-state index < -0.39 is 0 Å². The van der Waals surface area contributed by atoms with E-state index in [9.17, 15) is 0 Å². The van der Waals surface area contributed by atoms with Gasteiger partial charge in [0, 0.05) is 22.9 Å². The monoisotopic (exact) mass is 371 g/mol. The van der Waals surface area contributed by atoms with E-state index in [1.54, 1.807) is 11.8 Å². The zero-order valence-corrected chi connectivity index (χ0v) is 16.3. The standard InChI is InChI=1S/C20H22ClN3S/c1-4-24-19(17-10-8-16(9-11-17)14(2)3)22-23-20(24)25-13-15-6-5-7-18(21)12-15/h5-12,14H,4,13H2,1-3H3. The number of rotatable bonds is 6. The molecule has 1 heterocycles. The van der Waals surface area contributed by atoms with Crippen molar-refractivity contribution in [3.63, 3.8) is 0 Å². The molecule has 0 amide bonds. The van der Waals surface area contributed by atoms with Crippen LogP contribution < -0.4 is 0 Å². The summed E-state index contributed by atoms with van der Waals surface area (Å²) < 4.78 is 2.17. The molecule has 0 bridgehead atoms. The lowest BCUT2D eigenvalue weighted by atomic mass is 10.0. The molecule has 5 heteroatoms. The van der Waals surface area contributed by atoms with Crippen LogP contribution in [0.3, 0.4) is 0 Å². The van der Waals surface area contributed by atoms with Crippen LogP contribution in [0.4, 0.5) is 0 Å². The fraction of sp³-hybridized carbons (Fsp3) is 0.300. The van der Waals surface area contributed by atoms with E-state index in [-0.39, 0.29) is 0 Å². The SMILES string of the molecule is CCn1c(SCc2cccc(Cl)c2)nnc1-c1ccc(C(C)C)cc1. The number of hydrogen-bond acceptors (Lipinski definition) is 3. The molecule has 0 unspecified atom stereocenters. The molecule has 3 nitrogen and oxygen atoms in total. The first-order chi connectivity index (χ1) is 12.1. The molecule has 3 rings (SSSR count). The topological polar surface area (TPSA) is 30.7 Å². The fourth-order valence-corrected chi connectivity index (χ4v) is 3.84. The van der Waals surface area contributed by atoms with Crippen LogP contribution in [0.2, 0.25) is 5.02 Å². The predicted molar refractivity (Wildman–Crippen MR) is 106 cm³/mol. The Kier molecular flexibility index (Phi) is 5.82. The van der Waals surface area contributed by atoms with Gasteiger partial charge in [-0.15, -0.1) is 10.2 Å². The lowest BCUT2D eigenvalue weighted by Crippen LogP contribution is -2.00. The number of aromatic nitrogens is 3. The first kappa shape index (κ1) is 18.0. The number of thioether (sulfide) groups is 1. The van der Waals surface area contributed by atoms with E-state index in [0.717, 1.165) is 33.9 Å². The molecule has 0 fully saturated rings. The Labute approximate surface area is 158 Å². The van der Waals surface area contributed by atoms with Gasteiger partial charge in [0.2, 0.25) is 0 Å². The minimum atomic E-state index is 0.530. The molecular formula is C20H22ClN3S. The Hall–Kier alpha value is -1.78. The van der Waals surface area contributed by atoms with Gasteiger partial charge in [-0.2, -0.15) is 0 Å². The highest BCUT2D eigenvalue weighted by Gasteiger charge is 2.13. The molecule has 0 radical (unpaired) electrons. The van der Waals surface area contributed by atoms with Gasteiger partial charge >= 0.3 is 0 Å². The van der Waals surface area contributed by atoms with Crippen LogP contribution in [0.15, 0.2) is 53.7 Å². The van der Waals surface area contributed by atoms with Crippen LogP contribution in [-0.4, -0.2) is 14.8 Å². The summed E-state index contributed by atoms with van der Waals surface area (Å²) in [5, 5.41) is 10.5. The third kappa shape index (κ3) is 4.25. The minimum Gasteiger partial charge on any atom is -0.302 e. The van der Waals surface area contributed by atoms with E-state index in [1.165, 1.54) is 11.1 Å². The van der Waals surface area contributed by atoms with E-state index in [4.69, 9.17) is 11.6 Å². The lowest BCUT2D eigenvalue weighted by molar-refractivity contribution is 0.687. The highest BCUT2D eigenvalue weighted by atomic mass is 35.5. The maximum absolute atomic E-state index is 6.06. The molecule has 0 aliphatic heterocycles. The molecule has 1 aromatic heterocycles. The molecule has 130 valence electrons. The van der Waals surface area contributed by atoms with E-state index >= 15 is 0 Å². The van der Waals surface area contributed by atoms with Gasteiger partial charge in [-0.3, -0.25) is 0 Å². The van der Waals surface area contributed by atoms with Crippen molar-refractivity contribution in [2.24, 2.45) is 0 Å². The number of halogens is 1. The molecule has 0 aliphatic carbocycles. The molecule has 0 saturated heterocycles. The Morgan fingerprint density at radius 1 is 1.08 bits per heavy atom. The smallest absolute Gasteiger partial charge is 0.191 e. The lowest BCUT2D eigenvalue weighted by Gasteiger charge is -2.09. The van der Waals surface area contributed by atoms with Gasteiger partial charge in [0.1, 0.15) is 0 Å². The van der Waals surface area contributed by atoms with Crippen molar-refractivity contribution in [1.29, 1.82) is 0 Å². The molecule has 25 heavy (non-hydrogen) atoms. The third-order valence-electron chi connectivity index (χ3n) is 4.13. The van der Waals surface area contributed by atoms with Crippen molar-refractivity contribution >= 4 is 23.4 Å². The maximum atomic E-state index is 6.06. The predicted octanol–water partition coefficient (Wildman–Crippen LogP) is 6.03. The van der Waals surface area contributed by atoms with Crippen LogP contribution in [0.25, 0.3) is 11.4 Å². The van der Waals surface area contributed by atoms with Crippen molar-refractivity contribution in [2.75, 3.05) is 0 Å². The average molecular weight is 372 g/mol. The van der Waals surface area contributed by atoms with Gasteiger partial charge < -0.3 is 4.57 Å². The summed E-state index contributed by atoms with van der Waals surface area (Å²) in [5.74, 6) is 2.28. The van der Waals surface area contributed by atoms with E-state index in [1.807, 2.05) is 18.2 Å². The van der Waals surface area contributed by atoms with E-state index in [0.29, 0.717) is 5.92 Å². The molecule has 0 aliphatic rings. The summed E-state index contributed by atoms with van der Waals surface area (Å²) in [7, 11) is 0. The Morgan fingerprint density at radius 3 is 2.48 bits per heavy atom. The van der Waals surface area contributed by atoms with Gasteiger partial charge in [-0.05, 0) is 36.1 Å². The van der Waals surface area contributed by atoms with Crippen molar-refractivity contribution in [2.45, 2.75) is 44.1 Å². The zero-order chi connectivity index (χ0) is 17.8. The number of benzene rings is 2. The van der Waals surface area contributed by atoms with Gasteiger partial charge in [0.15, 0.2) is 11.0 Å². The largest absolute Gasteiger partial charge is 0.302 e. The fourth-order valence-electron chi connectivity index (χ4n) is 2.69. The first-order valence-electron chi connectivity index (χ1n) is 8.49. The van der Waals surface area contributed by atoms with Crippen molar-refractivity contribution in [3.8, 4) is 11.4 Å². The van der Waals surface area contributed by atoms with Crippen molar-refractivity contribution < 1.29 is 0 Å². The molecular weight excluding hydrogens is 350 g/mol. The van der Waals surface area contributed by atoms with Gasteiger partial charge in [0.25, 0.3) is 0 Å². The van der Waals surface area contributed by atoms with Gasteiger partial charge in [-0.1, -0.05) is 73.6 Å². The molecule has 0 saturated carbocycles. The highest BCUT2D eigenvalue weighted by Crippen LogP contribution is 2.28. The minimum absolute atomic E-state index is 0.530. The average Bonchev–Trinajstić information content (AvgIpc) is 3.03. The maximum Gasteiger partial charge on any atom is 0.191 e. The van der Waals surface area contributed by atoms with Gasteiger partial charge in [-0.25, -0.2) is 0 Å². The molecule has 2 aromatic carbocycles. The summed E-state index contributed by atoms with van der Waals surface area (Å²) in [6.07, 6.45) is 0. The molecule has 0 atom stereocenters. The highest BCUT2D eigenvalue weighted by molar-refractivity contribution is 7.98. The quantitative estimate of drug-likeness (QED) is 0.495. The second-order valence-corrected chi connectivity index (χ2v) is 7.62. The molecule has 3 aromatic rings. The summed E-state index contributed by atoms with van der Waals surface area (Å²) >= 11 is 7.75. The number of hydrogen-bond donors (Lipinski definition) is 0. The van der Waals surface area contributed by atoms with Crippen LogP contribution >= 0.6 is 23.4 Å². The summed E-state index contributed by atoms with van der Waals surface area (Å²) in [6.45, 7) is 7.37. The normalized spacial score (nSPS) is 11.2. The number of nitrogens with zero attached hydrogens (tertiary/aromatic N) is 3. The third-order valence-corrected chi connectivity index (χ3v) is 5.40. The zero-order valence-electron chi connectivity index (χ0n) is 14.7. The van der Waals surface area contributed by atoms with Crippen molar-refractivity contribution in [1.82, 2.24) is 14.8 Å². The van der Waals surface area contributed by atoms with Crippen LogP contribution in [0, 0.1) is 0 Å². The molecule has 0 spiro atoms. The molecule has 0 N–H and O–H groups in total. The second-order valence-electron chi connectivity index (χ2n) is 6.25. The summed E-state index contributed by atoms with van der Waals surface area (Å²) in [4.78, 5) is 0. The van der Waals surface area contributed by atoms with Gasteiger partial charge in [0.05, 0.1) is 0 Å². The van der Waals surface area contributed by atoms with Crippen LogP contribution in [-0.2, 0) is 12.3 Å².